The number of carbonyl (C=O) groups is 2. The number of hydrogen-bond acceptors (Lipinski definition) is 6. The number of rotatable bonds is 8. The highest BCUT2D eigenvalue weighted by Crippen LogP contribution is 2.36. The van der Waals surface area contributed by atoms with Crippen molar-refractivity contribution in [2.45, 2.75) is 50.1 Å². The first-order valence-electron chi connectivity index (χ1n) is 10.9. The topological polar surface area (TPSA) is 94.1 Å². The number of unbranched alkanes of at least 4 members (excludes halogenated alkanes) is 2. The number of aromatic nitrogens is 3. The van der Waals surface area contributed by atoms with Crippen molar-refractivity contribution in [2.24, 2.45) is 5.73 Å². The van der Waals surface area contributed by atoms with Gasteiger partial charge in [-0.1, -0.05) is 38.0 Å². The Bertz CT molecular complexity index is 1090. The van der Waals surface area contributed by atoms with Gasteiger partial charge in [0.25, 0.3) is 0 Å². The summed E-state index contributed by atoms with van der Waals surface area (Å²) in [6.07, 6.45) is 6.64. The minimum absolute atomic E-state index is 0. The number of halogens is 1. The number of hydrogen-bond donors (Lipinski definition) is 1. The van der Waals surface area contributed by atoms with Crippen LogP contribution in [0.25, 0.3) is 5.69 Å². The predicted octanol–water partition coefficient (Wildman–Crippen LogP) is 4.42. The Morgan fingerprint density at radius 1 is 1.18 bits per heavy atom. The highest BCUT2D eigenvalue weighted by atomic mass is 35.5. The van der Waals surface area contributed by atoms with E-state index in [1.54, 1.807) is 27.7 Å². The Balaban J connectivity index is 0.00000306. The number of nitrogens with zero attached hydrogens (tertiary/aromatic N) is 4. The van der Waals surface area contributed by atoms with Gasteiger partial charge < -0.3 is 10.6 Å². The lowest BCUT2D eigenvalue weighted by Crippen LogP contribution is -2.44. The van der Waals surface area contributed by atoms with Crippen molar-refractivity contribution in [3.63, 3.8) is 0 Å². The summed E-state index contributed by atoms with van der Waals surface area (Å²) in [6.45, 7) is 2.50. The van der Waals surface area contributed by atoms with E-state index in [0.717, 1.165) is 41.1 Å². The Labute approximate surface area is 204 Å². The van der Waals surface area contributed by atoms with Crippen LogP contribution in [-0.4, -0.2) is 38.2 Å². The van der Waals surface area contributed by atoms with Crippen LogP contribution in [0.5, 0.6) is 0 Å². The molecule has 9 heteroatoms. The molecule has 33 heavy (non-hydrogen) atoms. The summed E-state index contributed by atoms with van der Waals surface area (Å²) >= 11 is 1.56. The van der Waals surface area contributed by atoms with Crippen LogP contribution in [0.15, 0.2) is 60.0 Å². The second kappa shape index (κ2) is 11.4. The van der Waals surface area contributed by atoms with Gasteiger partial charge in [0.2, 0.25) is 5.91 Å². The van der Waals surface area contributed by atoms with E-state index in [4.69, 9.17) is 5.73 Å². The molecule has 2 heterocycles. The number of thioether (sulfide) groups is 1. The predicted molar refractivity (Wildman–Crippen MR) is 133 cm³/mol. The third-order valence-corrected chi connectivity index (χ3v) is 6.72. The molecule has 1 atom stereocenters. The van der Waals surface area contributed by atoms with Gasteiger partial charge in [0.05, 0.1) is 24.0 Å². The summed E-state index contributed by atoms with van der Waals surface area (Å²) in [6, 6.07) is 12.9. The zero-order chi connectivity index (χ0) is 22.5. The van der Waals surface area contributed by atoms with Crippen molar-refractivity contribution < 1.29 is 9.59 Å². The van der Waals surface area contributed by atoms with Crippen LogP contribution in [0.1, 0.15) is 48.5 Å². The molecule has 3 aromatic rings. The number of amides is 1. The maximum Gasteiger partial charge on any atom is 0.245 e. The fourth-order valence-electron chi connectivity index (χ4n) is 3.71. The number of benzene rings is 2. The van der Waals surface area contributed by atoms with Crippen molar-refractivity contribution in [3.05, 3.63) is 66.2 Å². The van der Waals surface area contributed by atoms with Gasteiger partial charge in [-0.2, -0.15) is 5.10 Å². The van der Waals surface area contributed by atoms with Crippen LogP contribution < -0.4 is 10.6 Å². The minimum Gasteiger partial charge on any atom is -0.319 e. The molecular formula is C24H28ClN5O2S. The van der Waals surface area contributed by atoms with E-state index in [-0.39, 0.29) is 24.1 Å². The standard InChI is InChI=1S/C24H27N5O2S.ClH/c1-2-3-4-5-22(30)18-8-11-23-21(12-18)28(24(31)20(25)14-32-23)13-17-6-9-19(10-7-17)29-16-26-15-27-29;/h6-12,15-16,20H,2-5,13-14,25H2,1H3;1H/t20-;/m0./s1. The number of carbonyl (C=O) groups excluding carboxylic acids is 2. The first-order chi connectivity index (χ1) is 15.6. The fourth-order valence-corrected chi connectivity index (χ4v) is 4.70. The maximum absolute atomic E-state index is 13.1. The lowest BCUT2D eigenvalue weighted by molar-refractivity contribution is -0.119. The van der Waals surface area contributed by atoms with Gasteiger partial charge >= 0.3 is 0 Å². The number of ketones is 1. The van der Waals surface area contributed by atoms with Gasteiger partial charge in [0.1, 0.15) is 12.7 Å². The minimum atomic E-state index is -0.592. The number of nitrogens with two attached hydrogens (primary N) is 1. The van der Waals surface area contributed by atoms with Crippen LogP contribution in [0.2, 0.25) is 0 Å². The Morgan fingerprint density at radius 3 is 2.67 bits per heavy atom. The molecule has 4 rings (SSSR count). The third-order valence-electron chi connectivity index (χ3n) is 5.54. The molecule has 0 aliphatic carbocycles. The molecule has 2 aromatic carbocycles. The largest absolute Gasteiger partial charge is 0.319 e. The van der Waals surface area contributed by atoms with E-state index in [2.05, 4.69) is 17.0 Å². The first-order valence-corrected chi connectivity index (χ1v) is 11.9. The molecule has 0 radical (unpaired) electrons. The average molecular weight is 486 g/mol. The van der Waals surface area contributed by atoms with Crippen LogP contribution in [-0.2, 0) is 11.3 Å². The number of anilines is 1. The highest BCUT2D eigenvalue weighted by molar-refractivity contribution is 7.99. The normalized spacial score (nSPS) is 15.5. The first kappa shape index (κ1) is 25.0. The molecule has 0 fully saturated rings. The summed E-state index contributed by atoms with van der Waals surface area (Å²) in [5.41, 5.74) is 9.43. The quantitative estimate of drug-likeness (QED) is 0.375. The van der Waals surface area contributed by atoms with Crippen molar-refractivity contribution in [1.82, 2.24) is 14.8 Å². The second-order valence-electron chi connectivity index (χ2n) is 7.91. The SMILES string of the molecule is CCCCCC(=O)c1ccc2c(c1)N(Cc1ccc(-n3cncn3)cc1)C(=O)[C@@H](N)CS2.Cl. The Kier molecular flexibility index (Phi) is 8.66. The van der Waals surface area contributed by atoms with E-state index >= 15 is 0 Å². The lowest BCUT2D eigenvalue weighted by atomic mass is 10.0. The van der Waals surface area contributed by atoms with Crippen molar-refractivity contribution in [2.75, 3.05) is 10.7 Å². The van der Waals surface area contributed by atoms with Crippen molar-refractivity contribution in [1.29, 1.82) is 0 Å². The van der Waals surface area contributed by atoms with Crippen molar-refractivity contribution >= 4 is 41.5 Å². The summed E-state index contributed by atoms with van der Waals surface area (Å²) in [4.78, 5) is 32.5. The van der Waals surface area contributed by atoms with Crippen LogP contribution >= 0.6 is 24.2 Å². The highest BCUT2D eigenvalue weighted by Gasteiger charge is 2.29. The molecule has 1 aliphatic heterocycles. The summed E-state index contributed by atoms with van der Waals surface area (Å²) in [5, 5.41) is 4.14. The van der Waals surface area contributed by atoms with Gasteiger partial charge in [-0.3, -0.25) is 9.59 Å². The molecule has 7 nitrogen and oxygen atoms in total. The van der Waals surface area contributed by atoms with E-state index < -0.39 is 6.04 Å². The Morgan fingerprint density at radius 2 is 1.97 bits per heavy atom. The van der Waals surface area contributed by atoms with Gasteiger partial charge in [-0.15, -0.1) is 24.2 Å². The summed E-state index contributed by atoms with van der Waals surface area (Å²) in [5.74, 6) is 0.494. The lowest BCUT2D eigenvalue weighted by Gasteiger charge is -2.25. The number of fused-ring (bicyclic) bond motifs is 1. The average Bonchev–Trinajstić information content (AvgIpc) is 3.32. The van der Waals surface area contributed by atoms with Crippen LogP contribution in [0.4, 0.5) is 5.69 Å². The molecule has 0 saturated carbocycles. The van der Waals surface area contributed by atoms with Gasteiger partial charge in [0, 0.05) is 22.6 Å². The number of Topliss-reactive ketones (excluding diaryl/α,β-unsaturated/α-hetero) is 1. The fraction of sp³-hybridized carbons (Fsp3) is 0.333. The zero-order valence-corrected chi connectivity index (χ0v) is 20.1. The van der Waals surface area contributed by atoms with Gasteiger partial charge in [0.15, 0.2) is 5.78 Å². The molecule has 0 saturated heterocycles. The monoisotopic (exact) mass is 485 g/mol. The third kappa shape index (κ3) is 5.82. The van der Waals surface area contributed by atoms with Crippen LogP contribution in [0, 0.1) is 0 Å². The molecule has 2 N–H and O–H groups in total. The van der Waals surface area contributed by atoms with E-state index in [0.29, 0.717) is 24.3 Å². The van der Waals surface area contributed by atoms with Gasteiger partial charge in [-0.05, 0) is 36.2 Å². The summed E-state index contributed by atoms with van der Waals surface area (Å²) in [7, 11) is 0. The smallest absolute Gasteiger partial charge is 0.245 e. The molecule has 0 spiro atoms. The molecule has 1 amide bonds. The molecule has 174 valence electrons. The zero-order valence-electron chi connectivity index (χ0n) is 18.5. The van der Waals surface area contributed by atoms with E-state index in [1.165, 1.54) is 6.33 Å². The second-order valence-corrected chi connectivity index (χ2v) is 8.97. The van der Waals surface area contributed by atoms with E-state index in [1.807, 2.05) is 42.5 Å². The molecule has 0 bridgehead atoms. The molecule has 0 unspecified atom stereocenters. The van der Waals surface area contributed by atoms with Gasteiger partial charge in [-0.25, -0.2) is 9.67 Å². The molecular weight excluding hydrogens is 458 g/mol. The molecule has 1 aromatic heterocycles. The Hall–Kier alpha value is -2.68. The molecule has 1 aliphatic rings. The van der Waals surface area contributed by atoms with Crippen molar-refractivity contribution in [3.8, 4) is 5.69 Å². The van der Waals surface area contributed by atoms with E-state index in [9.17, 15) is 9.59 Å². The van der Waals surface area contributed by atoms with Crippen LogP contribution in [0.3, 0.4) is 0 Å². The maximum atomic E-state index is 13.1. The summed E-state index contributed by atoms with van der Waals surface area (Å²) < 4.78 is 1.68.